The van der Waals surface area contributed by atoms with E-state index in [4.69, 9.17) is 22.1 Å². The van der Waals surface area contributed by atoms with E-state index in [1.807, 2.05) is 6.07 Å². The molecule has 0 saturated heterocycles. The maximum absolute atomic E-state index is 6.24. The molecule has 0 atom stereocenters. The zero-order chi connectivity index (χ0) is 15.6. The normalized spacial score (nSPS) is 15.6. The van der Waals surface area contributed by atoms with E-state index in [1.54, 1.807) is 18.0 Å². The van der Waals surface area contributed by atoms with Gasteiger partial charge in [0.05, 0.1) is 12.8 Å². The third-order valence-corrected chi connectivity index (χ3v) is 5.19. The van der Waals surface area contributed by atoms with E-state index in [2.05, 4.69) is 35.5 Å². The molecule has 1 fully saturated rings. The largest absolute Gasteiger partial charge is 0.491 e. The summed E-state index contributed by atoms with van der Waals surface area (Å²) in [5.74, 6) is 0.744. The first kappa shape index (κ1) is 15.7. The molecular formula is C17H19ClN2OS. The molecule has 0 bridgehead atoms. The molecule has 1 aliphatic carbocycles. The summed E-state index contributed by atoms with van der Waals surface area (Å²) in [5, 5.41) is 0.490. The van der Waals surface area contributed by atoms with Crippen molar-refractivity contribution in [3.05, 3.63) is 41.7 Å². The van der Waals surface area contributed by atoms with Gasteiger partial charge in [0.1, 0.15) is 10.9 Å². The number of benzene rings is 1. The summed E-state index contributed by atoms with van der Waals surface area (Å²) in [5.41, 5.74) is 7.90. The number of pyridine rings is 1. The first-order valence-corrected chi connectivity index (χ1v) is 8.89. The van der Waals surface area contributed by atoms with Crippen LogP contribution in [0, 0.1) is 5.41 Å². The van der Waals surface area contributed by atoms with Gasteiger partial charge in [-0.2, -0.15) is 0 Å². The molecule has 116 valence electrons. The number of rotatable bonds is 6. The second-order valence-corrected chi connectivity index (χ2v) is 6.97. The van der Waals surface area contributed by atoms with Crippen LogP contribution in [0.3, 0.4) is 0 Å². The SMILES string of the molecule is CSc1ccc(-c2cc(OCC3(CN)CC3)cnc2Cl)cc1. The van der Waals surface area contributed by atoms with Crippen molar-refractivity contribution in [3.8, 4) is 16.9 Å². The van der Waals surface area contributed by atoms with Crippen LogP contribution in [0.15, 0.2) is 41.4 Å². The molecule has 0 amide bonds. The average Bonchev–Trinajstić information content (AvgIpc) is 3.35. The van der Waals surface area contributed by atoms with Gasteiger partial charge in [-0.05, 0) is 42.9 Å². The minimum Gasteiger partial charge on any atom is -0.491 e. The highest BCUT2D eigenvalue weighted by molar-refractivity contribution is 7.98. The molecule has 1 aromatic heterocycles. The third-order valence-electron chi connectivity index (χ3n) is 4.15. The lowest BCUT2D eigenvalue weighted by atomic mass is 10.1. The highest BCUT2D eigenvalue weighted by atomic mass is 35.5. The number of halogens is 1. The third kappa shape index (κ3) is 3.40. The van der Waals surface area contributed by atoms with Gasteiger partial charge in [-0.25, -0.2) is 4.98 Å². The fourth-order valence-corrected chi connectivity index (χ4v) is 2.92. The number of thioether (sulfide) groups is 1. The molecule has 5 heteroatoms. The average molecular weight is 335 g/mol. The van der Waals surface area contributed by atoms with Crippen LogP contribution < -0.4 is 10.5 Å². The highest BCUT2D eigenvalue weighted by Gasteiger charge is 2.42. The minimum atomic E-state index is 0.180. The number of hydrogen-bond acceptors (Lipinski definition) is 4. The molecule has 22 heavy (non-hydrogen) atoms. The van der Waals surface area contributed by atoms with E-state index >= 15 is 0 Å². The van der Waals surface area contributed by atoms with E-state index in [0.717, 1.165) is 29.7 Å². The Morgan fingerprint density at radius 3 is 2.64 bits per heavy atom. The van der Waals surface area contributed by atoms with Gasteiger partial charge < -0.3 is 10.5 Å². The lowest BCUT2D eigenvalue weighted by molar-refractivity contribution is 0.238. The smallest absolute Gasteiger partial charge is 0.138 e. The monoisotopic (exact) mass is 334 g/mol. The molecule has 3 nitrogen and oxygen atoms in total. The predicted octanol–water partition coefficient (Wildman–Crippen LogP) is 4.24. The van der Waals surface area contributed by atoms with Gasteiger partial charge in [-0.1, -0.05) is 23.7 Å². The molecule has 0 radical (unpaired) electrons. The molecule has 2 N–H and O–H groups in total. The summed E-state index contributed by atoms with van der Waals surface area (Å²) in [6.07, 6.45) is 6.03. The standard InChI is InChI=1S/C17H19ClN2OS/c1-22-14-4-2-12(3-5-14)15-8-13(9-20-16(15)18)21-11-17(10-19)6-7-17/h2-5,8-9H,6-7,10-11,19H2,1H3. The van der Waals surface area contributed by atoms with Crippen LogP contribution in [0.4, 0.5) is 0 Å². The summed E-state index contributed by atoms with van der Waals surface area (Å²) in [4.78, 5) is 5.47. The maximum atomic E-state index is 6.24. The molecule has 0 spiro atoms. The number of hydrogen-bond donors (Lipinski definition) is 1. The zero-order valence-electron chi connectivity index (χ0n) is 12.5. The maximum Gasteiger partial charge on any atom is 0.138 e. The molecule has 0 aliphatic heterocycles. The Bertz CT molecular complexity index is 656. The molecule has 1 aromatic carbocycles. The molecule has 3 rings (SSSR count). The summed E-state index contributed by atoms with van der Waals surface area (Å²) in [7, 11) is 0. The van der Waals surface area contributed by atoms with Gasteiger partial charge >= 0.3 is 0 Å². The van der Waals surface area contributed by atoms with Crippen LogP contribution in [-0.2, 0) is 0 Å². The Morgan fingerprint density at radius 1 is 1.32 bits per heavy atom. The van der Waals surface area contributed by atoms with Gasteiger partial charge in [-0.3, -0.25) is 0 Å². The van der Waals surface area contributed by atoms with E-state index in [9.17, 15) is 0 Å². The number of nitrogens with two attached hydrogens (primary N) is 1. The van der Waals surface area contributed by atoms with Gasteiger partial charge in [0.25, 0.3) is 0 Å². The van der Waals surface area contributed by atoms with Gasteiger partial charge in [0, 0.05) is 22.4 Å². The topological polar surface area (TPSA) is 48.1 Å². The summed E-state index contributed by atoms with van der Waals surface area (Å²) in [6.45, 7) is 1.33. The lowest BCUT2D eigenvalue weighted by Crippen LogP contribution is -2.22. The molecule has 2 aromatic rings. The van der Waals surface area contributed by atoms with Crippen molar-refractivity contribution in [3.63, 3.8) is 0 Å². The Labute approximate surface area is 140 Å². The van der Waals surface area contributed by atoms with E-state index in [0.29, 0.717) is 18.3 Å². The molecule has 1 saturated carbocycles. The van der Waals surface area contributed by atoms with E-state index in [1.165, 1.54) is 4.90 Å². The first-order chi connectivity index (χ1) is 10.7. The molecule has 1 heterocycles. The van der Waals surface area contributed by atoms with Crippen molar-refractivity contribution in [1.82, 2.24) is 4.98 Å². The van der Waals surface area contributed by atoms with Crippen LogP contribution in [0.1, 0.15) is 12.8 Å². The Morgan fingerprint density at radius 2 is 2.05 bits per heavy atom. The van der Waals surface area contributed by atoms with Gasteiger partial charge in [0.15, 0.2) is 0 Å². The number of nitrogens with zero attached hydrogens (tertiary/aromatic N) is 1. The van der Waals surface area contributed by atoms with Crippen molar-refractivity contribution in [2.24, 2.45) is 11.1 Å². The van der Waals surface area contributed by atoms with Gasteiger partial charge in [0.2, 0.25) is 0 Å². The van der Waals surface area contributed by atoms with E-state index in [-0.39, 0.29) is 5.41 Å². The number of ether oxygens (including phenoxy) is 1. The fraction of sp³-hybridized carbons (Fsp3) is 0.353. The second kappa shape index (κ2) is 6.49. The van der Waals surface area contributed by atoms with Crippen molar-refractivity contribution in [2.75, 3.05) is 19.4 Å². The number of aromatic nitrogens is 1. The Hall–Kier alpha value is -1.23. The molecule has 1 aliphatic rings. The van der Waals surface area contributed by atoms with Crippen LogP contribution in [-0.4, -0.2) is 24.4 Å². The van der Waals surface area contributed by atoms with Crippen LogP contribution >= 0.6 is 23.4 Å². The Balaban J connectivity index is 1.79. The van der Waals surface area contributed by atoms with Crippen LogP contribution in [0.2, 0.25) is 5.15 Å². The summed E-state index contributed by atoms with van der Waals surface area (Å²) in [6, 6.07) is 10.2. The van der Waals surface area contributed by atoms with Crippen molar-refractivity contribution >= 4 is 23.4 Å². The summed E-state index contributed by atoms with van der Waals surface area (Å²) < 4.78 is 5.88. The first-order valence-electron chi connectivity index (χ1n) is 7.29. The van der Waals surface area contributed by atoms with Crippen LogP contribution in [0.5, 0.6) is 5.75 Å². The van der Waals surface area contributed by atoms with Gasteiger partial charge in [-0.15, -0.1) is 11.8 Å². The molecular weight excluding hydrogens is 316 g/mol. The predicted molar refractivity (Wildman–Crippen MR) is 92.7 cm³/mol. The lowest BCUT2D eigenvalue weighted by Gasteiger charge is -2.14. The highest BCUT2D eigenvalue weighted by Crippen LogP contribution is 2.44. The second-order valence-electron chi connectivity index (χ2n) is 5.73. The Kier molecular flexibility index (Phi) is 4.62. The van der Waals surface area contributed by atoms with E-state index < -0.39 is 0 Å². The summed E-state index contributed by atoms with van der Waals surface area (Å²) >= 11 is 7.96. The minimum absolute atomic E-state index is 0.180. The van der Waals surface area contributed by atoms with Crippen molar-refractivity contribution in [1.29, 1.82) is 0 Å². The zero-order valence-corrected chi connectivity index (χ0v) is 14.1. The van der Waals surface area contributed by atoms with Crippen molar-refractivity contribution in [2.45, 2.75) is 17.7 Å². The molecule has 0 unspecified atom stereocenters. The fourth-order valence-electron chi connectivity index (χ4n) is 2.30. The quantitative estimate of drug-likeness (QED) is 0.634. The van der Waals surface area contributed by atoms with Crippen molar-refractivity contribution < 1.29 is 4.74 Å². The van der Waals surface area contributed by atoms with Crippen LogP contribution in [0.25, 0.3) is 11.1 Å².